The van der Waals surface area contributed by atoms with E-state index in [0.29, 0.717) is 11.1 Å². The number of sulfone groups is 1. The maximum absolute atomic E-state index is 13.0. The number of allylic oxidation sites excluding steroid dienone is 1. The first-order valence-electron chi connectivity index (χ1n) is 11.6. The molecule has 1 aliphatic carbocycles. The smallest absolute Gasteiger partial charge is 0.405 e. The van der Waals surface area contributed by atoms with Crippen molar-refractivity contribution in [3.8, 4) is 17.0 Å². The first-order valence-corrected chi connectivity index (χ1v) is 15.1. The molecule has 0 amide bonds. The van der Waals surface area contributed by atoms with Crippen LogP contribution >= 0.6 is 0 Å². The van der Waals surface area contributed by atoms with E-state index in [2.05, 4.69) is 25.6 Å². The molecule has 1 unspecified atom stereocenters. The van der Waals surface area contributed by atoms with Crippen molar-refractivity contribution in [1.82, 2.24) is 15.0 Å². The lowest BCUT2D eigenvalue weighted by Gasteiger charge is -2.16. The minimum Gasteiger partial charge on any atom is -0.495 e. The molecule has 2 heterocycles. The van der Waals surface area contributed by atoms with Gasteiger partial charge in [-0.25, -0.2) is 31.9 Å². The summed E-state index contributed by atoms with van der Waals surface area (Å²) >= 11 is 0. The van der Waals surface area contributed by atoms with Crippen molar-refractivity contribution >= 4 is 42.7 Å². The lowest BCUT2D eigenvalue weighted by molar-refractivity contribution is -0.115. The Kier molecular flexibility index (Phi) is 8.05. The maximum Gasteiger partial charge on any atom is 0.405 e. The second kappa shape index (κ2) is 11.0. The summed E-state index contributed by atoms with van der Waals surface area (Å²) in [4.78, 5) is 12.9. The van der Waals surface area contributed by atoms with Crippen molar-refractivity contribution in [2.45, 2.75) is 22.7 Å². The molecule has 0 spiro atoms. The SMILES string of the molecule is COc1ccc(-c2ccc3nc(NCC4=CCC(S(N)(=O)=O)C=C4)nc(NCC(F)(F)F)c3n2)cc1S(C)(=O)=O. The molecule has 3 aromatic rings. The van der Waals surface area contributed by atoms with E-state index < -0.39 is 37.8 Å². The number of hydrogen-bond donors (Lipinski definition) is 3. The monoisotopic (exact) mass is 598 g/mol. The van der Waals surface area contributed by atoms with Crippen LogP contribution in [0.5, 0.6) is 5.75 Å². The summed E-state index contributed by atoms with van der Waals surface area (Å²) in [5.74, 6) is -0.0360. The highest BCUT2D eigenvalue weighted by Gasteiger charge is 2.28. The molecule has 2 aromatic heterocycles. The zero-order valence-electron chi connectivity index (χ0n) is 21.2. The maximum atomic E-state index is 13.0. The van der Waals surface area contributed by atoms with Gasteiger partial charge in [0.1, 0.15) is 22.7 Å². The molecule has 214 valence electrons. The van der Waals surface area contributed by atoms with E-state index in [4.69, 9.17) is 9.88 Å². The largest absolute Gasteiger partial charge is 0.495 e. The van der Waals surface area contributed by atoms with Crippen LogP contribution in [0.1, 0.15) is 6.42 Å². The van der Waals surface area contributed by atoms with Crippen molar-refractivity contribution < 1.29 is 34.7 Å². The average molecular weight is 599 g/mol. The number of primary sulfonamides is 1. The fourth-order valence-electron chi connectivity index (χ4n) is 3.89. The minimum absolute atomic E-state index is 0.0124. The van der Waals surface area contributed by atoms with Gasteiger partial charge >= 0.3 is 6.18 Å². The fraction of sp³-hybridized carbons (Fsp3) is 0.292. The summed E-state index contributed by atoms with van der Waals surface area (Å²) < 4.78 is 91.7. The van der Waals surface area contributed by atoms with Crippen molar-refractivity contribution in [2.24, 2.45) is 5.14 Å². The van der Waals surface area contributed by atoms with Crippen molar-refractivity contribution in [3.63, 3.8) is 0 Å². The Bertz CT molecular complexity index is 1720. The van der Waals surface area contributed by atoms with Gasteiger partial charge in [-0.05, 0) is 42.3 Å². The number of sulfonamides is 1. The third kappa shape index (κ3) is 7.05. The summed E-state index contributed by atoms with van der Waals surface area (Å²) in [5, 5.41) is 9.52. The van der Waals surface area contributed by atoms with Gasteiger partial charge in [-0.15, -0.1) is 0 Å². The molecule has 0 bridgehead atoms. The first-order chi connectivity index (χ1) is 18.6. The van der Waals surface area contributed by atoms with Crippen molar-refractivity contribution in [2.75, 3.05) is 37.1 Å². The van der Waals surface area contributed by atoms with E-state index in [-0.39, 0.29) is 52.1 Å². The molecule has 4 rings (SSSR count). The molecule has 0 radical (unpaired) electrons. The van der Waals surface area contributed by atoms with E-state index in [0.717, 1.165) is 6.26 Å². The Labute approximate surface area is 228 Å². The summed E-state index contributed by atoms with van der Waals surface area (Å²) in [6, 6.07) is 7.49. The molecule has 0 fully saturated rings. The van der Waals surface area contributed by atoms with Crippen LogP contribution < -0.4 is 20.5 Å². The quantitative estimate of drug-likeness (QED) is 0.333. The van der Waals surface area contributed by atoms with Crippen LogP contribution in [-0.4, -0.2) is 69.7 Å². The molecule has 11 nitrogen and oxygen atoms in total. The number of nitrogens with two attached hydrogens (primary N) is 1. The molecular weight excluding hydrogens is 573 g/mol. The highest BCUT2D eigenvalue weighted by atomic mass is 32.2. The molecule has 0 saturated carbocycles. The summed E-state index contributed by atoms with van der Waals surface area (Å²) in [6.07, 6.45) is 1.40. The number of fused-ring (bicyclic) bond motifs is 1. The summed E-state index contributed by atoms with van der Waals surface area (Å²) in [5.41, 5.74) is 1.65. The standard InChI is InChI=1S/C24H25F3N6O5S2/c1-38-19-10-5-15(11-20(19)39(2,34)35)17-8-9-18-21(31-17)22(30-13-24(25,26)27)33-23(32-18)29-12-14-3-6-16(7-4-14)40(28,36)37/h3-6,8-11,16H,7,12-13H2,1-2H3,(H2,28,36,37)(H2,29,30,32,33). The van der Waals surface area contributed by atoms with Gasteiger partial charge in [-0.2, -0.15) is 18.2 Å². The number of ether oxygens (including phenoxy) is 1. The number of aromatic nitrogens is 3. The van der Waals surface area contributed by atoms with Crippen LogP contribution in [0, 0.1) is 0 Å². The van der Waals surface area contributed by atoms with E-state index in [1.54, 1.807) is 24.3 Å². The zero-order valence-corrected chi connectivity index (χ0v) is 22.9. The molecule has 1 aromatic carbocycles. The number of hydrogen-bond acceptors (Lipinski definition) is 10. The number of rotatable bonds is 9. The second-order valence-electron chi connectivity index (χ2n) is 8.92. The summed E-state index contributed by atoms with van der Waals surface area (Å²) in [6.45, 7) is -1.21. The van der Waals surface area contributed by atoms with Gasteiger partial charge in [0, 0.05) is 18.4 Å². The van der Waals surface area contributed by atoms with Crippen molar-refractivity contribution in [1.29, 1.82) is 0 Å². The van der Waals surface area contributed by atoms with E-state index in [1.165, 1.54) is 31.4 Å². The number of pyridine rings is 1. The first kappa shape index (κ1) is 29.2. The van der Waals surface area contributed by atoms with E-state index in [1.807, 2.05) is 0 Å². The van der Waals surface area contributed by atoms with E-state index >= 15 is 0 Å². The zero-order chi connectivity index (χ0) is 29.3. The third-order valence-corrected chi connectivity index (χ3v) is 8.18. The highest BCUT2D eigenvalue weighted by Crippen LogP contribution is 2.31. The average Bonchev–Trinajstić information content (AvgIpc) is 2.88. The van der Waals surface area contributed by atoms with Crippen LogP contribution in [0.3, 0.4) is 0 Å². The molecule has 1 aliphatic rings. The van der Waals surface area contributed by atoms with Crippen LogP contribution in [-0.2, 0) is 19.9 Å². The number of benzene rings is 1. The van der Waals surface area contributed by atoms with Gasteiger partial charge in [0.15, 0.2) is 15.7 Å². The Morgan fingerprint density at radius 3 is 2.42 bits per heavy atom. The Morgan fingerprint density at radius 1 is 1.07 bits per heavy atom. The van der Waals surface area contributed by atoms with Crippen LogP contribution in [0.25, 0.3) is 22.3 Å². The van der Waals surface area contributed by atoms with Gasteiger partial charge in [-0.1, -0.05) is 18.2 Å². The normalized spacial score (nSPS) is 16.1. The van der Waals surface area contributed by atoms with Gasteiger partial charge in [0.05, 0.1) is 23.6 Å². The number of halogens is 3. The molecule has 40 heavy (non-hydrogen) atoms. The topological polar surface area (TPSA) is 166 Å². The highest BCUT2D eigenvalue weighted by molar-refractivity contribution is 7.90. The minimum atomic E-state index is -4.54. The van der Waals surface area contributed by atoms with Crippen LogP contribution in [0.4, 0.5) is 24.9 Å². The molecule has 16 heteroatoms. The van der Waals surface area contributed by atoms with Crippen LogP contribution in [0.15, 0.2) is 59.0 Å². The lowest BCUT2D eigenvalue weighted by Crippen LogP contribution is -2.27. The predicted octanol–water partition coefficient (Wildman–Crippen LogP) is 3.03. The van der Waals surface area contributed by atoms with Crippen molar-refractivity contribution in [3.05, 3.63) is 54.1 Å². The van der Waals surface area contributed by atoms with Gasteiger partial charge in [0.2, 0.25) is 16.0 Å². The molecule has 0 aliphatic heterocycles. The number of nitrogens with one attached hydrogen (secondary N) is 2. The lowest BCUT2D eigenvalue weighted by atomic mass is 10.1. The number of anilines is 2. The molecule has 1 atom stereocenters. The number of methoxy groups -OCH3 is 1. The number of nitrogens with zero attached hydrogens (tertiary/aromatic N) is 3. The number of alkyl halides is 3. The van der Waals surface area contributed by atoms with Gasteiger partial charge in [0.25, 0.3) is 0 Å². The van der Waals surface area contributed by atoms with Crippen LogP contribution in [0.2, 0.25) is 0 Å². The Hall–Kier alpha value is -3.76. The predicted molar refractivity (Wildman–Crippen MR) is 144 cm³/mol. The fourth-order valence-corrected chi connectivity index (χ4v) is 5.41. The second-order valence-corrected chi connectivity index (χ2v) is 12.7. The summed E-state index contributed by atoms with van der Waals surface area (Å²) in [7, 11) is -6.04. The Morgan fingerprint density at radius 2 is 1.82 bits per heavy atom. The third-order valence-electron chi connectivity index (χ3n) is 5.87. The molecular formula is C24H25F3N6O5S2. The van der Waals surface area contributed by atoms with Gasteiger partial charge in [-0.3, -0.25) is 0 Å². The Balaban J connectivity index is 1.68. The van der Waals surface area contributed by atoms with Gasteiger partial charge < -0.3 is 15.4 Å². The molecule has 4 N–H and O–H groups in total. The van der Waals surface area contributed by atoms with E-state index in [9.17, 15) is 30.0 Å². The molecule has 0 saturated heterocycles.